The first-order valence-corrected chi connectivity index (χ1v) is 18.4. The highest BCUT2D eigenvalue weighted by atomic mass is 16.7. The van der Waals surface area contributed by atoms with Gasteiger partial charge in [-0.1, -0.05) is 127 Å². The maximum atomic E-state index is 14.1. The molecule has 0 heterocycles. The summed E-state index contributed by atoms with van der Waals surface area (Å²) >= 11 is 0. The fourth-order valence-corrected chi connectivity index (χ4v) is 7.70. The standard InChI is InChI=1S/C46H56O7/c1-26(2)23-28(5)24-45(11,12)38-30(7)40(34-19-15-17-21-36(34)42(38)50-32(9)47)52-44(49)53-41-31(8)39(46(13,14)25-29(6)27(3)4)43(51-33(10)48)37-22-18-16-20-35(37)41/h15-22,24-27H,23H2,1-14H3/b28-24+,29-25+. The van der Waals surface area contributed by atoms with Gasteiger partial charge < -0.3 is 18.9 Å². The van der Waals surface area contributed by atoms with E-state index in [0.717, 1.165) is 17.5 Å². The molecule has 0 bridgehead atoms. The van der Waals surface area contributed by atoms with Crippen LogP contribution < -0.4 is 18.9 Å². The second-order valence-electron chi connectivity index (χ2n) is 16.1. The molecule has 0 aliphatic carbocycles. The summed E-state index contributed by atoms with van der Waals surface area (Å²) in [5, 5.41) is 2.47. The lowest BCUT2D eigenvalue weighted by Gasteiger charge is -2.30. The van der Waals surface area contributed by atoms with E-state index < -0.39 is 28.9 Å². The average molecular weight is 721 g/mol. The Labute approximate surface area is 315 Å². The van der Waals surface area contributed by atoms with Gasteiger partial charge in [0.05, 0.1) is 0 Å². The van der Waals surface area contributed by atoms with E-state index >= 15 is 0 Å². The van der Waals surface area contributed by atoms with Gasteiger partial charge in [-0.25, -0.2) is 4.79 Å². The Hall–Kier alpha value is -4.91. The van der Waals surface area contributed by atoms with E-state index in [1.807, 2.05) is 62.4 Å². The van der Waals surface area contributed by atoms with Crippen LogP contribution in [0.25, 0.3) is 21.5 Å². The van der Waals surface area contributed by atoms with Crippen molar-refractivity contribution in [2.75, 3.05) is 0 Å². The highest BCUT2D eigenvalue weighted by Gasteiger charge is 2.34. The van der Waals surface area contributed by atoms with Crippen LogP contribution in [-0.4, -0.2) is 18.1 Å². The molecule has 0 atom stereocenters. The van der Waals surface area contributed by atoms with Crippen molar-refractivity contribution in [1.29, 1.82) is 0 Å². The average Bonchev–Trinajstić information content (AvgIpc) is 3.03. The summed E-state index contributed by atoms with van der Waals surface area (Å²) in [4.78, 5) is 39.2. The molecule has 0 N–H and O–H groups in total. The second-order valence-corrected chi connectivity index (χ2v) is 16.1. The molecule has 0 radical (unpaired) electrons. The van der Waals surface area contributed by atoms with Gasteiger partial charge in [-0.3, -0.25) is 9.59 Å². The summed E-state index contributed by atoms with van der Waals surface area (Å²) in [6.45, 7) is 27.6. The zero-order valence-corrected chi connectivity index (χ0v) is 34.0. The summed E-state index contributed by atoms with van der Waals surface area (Å²) in [5.41, 5.74) is 3.91. The largest absolute Gasteiger partial charge is 0.519 e. The molecular weight excluding hydrogens is 664 g/mol. The van der Waals surface area contributed by atoms with Gasteiger partial charge in [0, 0.05) is 68.5 Å². The lowest BCUT2D eigenvalue weighted by atomic mass is 9.77. The predicted octanol–water partition coefficient (Wildman–Crippen LogP) is 12.2. The second kappa shape index (κ2) is 16.0. The Balaban J connectivity index is 1.96. The van der Waals surface area contributed by atoms with Crippen molar-refractivity contribution in [2.45, 2.75) is 114 Å². The maximum absolute atomic E-state index is 14.1. The smallest absolute Gasteiger partial charge is 0.426 e. The molecule has 53 heavy (non-hydrogen) atoms. The van der Waals surface area contributed by atoms with Crippen molar-refractivity contribution in [3.63, 3.8) is 0 Å². The van der Waals surface area contributed by atoms with Gasteiger partial charge in [0.2, 0.25) is 0 Å². The summed E-state index contributed by atoms with van der Waals surface area (Å²) in [5.74, 6) is 1.36. The van der Waals surface area contributed by atoms with Gasteiger partial charge in [0.15, 0.2) is 0 Å². The topological polar surface area (TPSA) is 88.1 Å². The third kappa shape index (κ3) is 9.01. The first-order valence-electron chi connectivity index (χ1n) is 18.4. The fourth-order valence-electron chi connectivity index (χ4n) is 7.70. The van der Waals surface area contributed by atoms with Crippen LogP contribution in [0.15, 0.2) is 71.8 Å². The van der Waals surface area contributed by atoms with Crippen molar-refractivity contribution >= 4 is 39.6 Å². The van der Waals surface area contributed by atoms with Crippen LogP contribution in [0.5, 0.6) is 23.0 Å². The van der Waals surface area contributed by atoms with Gasteiger partial charge in [-0.2, -0.15) is 0 Å². The summed E-state index contributed by atoms with van der Waals surface area (Å²) < 4.78 is 24.3. The Kier molecular flexibility index (Phi) is 12.3. The van der Waals surface area contributed by atoms with Crippen LogP contribution in [0.3, 0.4) is 0 Å². The Morgan fingerprint density at radius 2 is 0.943 bits per heavy atom. The van der Waals surface area contributed by atoms with E-state index in [4.69, 9.17) is 18.9 Å². The van der Waals surface area contributed by atoms with Gasteiger partial charge in [0.25, 0.3) is 0 Å². The minimum Gasteiger partial charge on any atom is -0.426 e. The minimum absolute atomic E-state index is 0.299. The Bertz CT molecular complexity index is 2130. The third-order valence-electron chi connectivity index (χ3n) is 9.71. The molecule has 0 fully saturated rings. The zero-order valence-electron chi connectivity index (χ0n) is 34.0. The van der Waals surface area contributed by atoms with E-state index in [1.165, 1.54) is 25.0 Å². The van der Waals surface area contributed by atoms with E-state index in [1.54, 1.807) is 0 Å². The zero-order chi connectivity index (χ0) is 39.6. The molecule has 0 amide bonds. The number of allylic oxidation sites excluding steroid dienone is 4. The molecule has 4 aromatic rings. The molecule has 4 rings (SSSR count). The summed E-state index contributed by atoms with van der Waals surface area (Å²) in [6.07, 6.45) is 4.34. The van der Waals surface area contributed by atoms with E-state index in [9.17, 15) is 14.4 Å². The molecule has 0 aliphatic heterocycles. The number of carbonyl (C=O) groups excluding carboxylic acids is 3. The number of hydrogen-bond acceptors (Lipinski definition) is 7. The first-order chi connectivity index (χ1) is 24.7. The highest BCUT2D eigenvalue weighted by molar-refractivity contribution is 6.01. The van der Waals surface area contributed by atoms with E-state index in [2.05, 4.69) is 81.4 Å². The minimum atomic E-state index is -0.931. The van der Waals surface area contributed by atoms with Crippen LogP contribution in [0.1, 0.15) is 112 Å². The fraction of sp³-hybridized carbons (Fsp3) is 0.413. The van der Waals surface area contributed by atoms with E-state index in [-0.39, 0.29) is 0 Å². The maximum Gasteiger partial charge on any atom is 0.519 e. The van der Waals surface area contributed by atoms with Gasteiger partial charge >= 0.3 is 18.1 Å². The number of fused-ring (bicyclic) bond motifs is 2. The van der Waals surface area contributed by atoms with Gasteiger partial charge in [-0.05, 0) is 46.0 Å². The SMILES string of the molecule is CC(=O)Oc1c(C(C)(C)/C=C(\C)CC(C)C)c(C)c(OC(=O)Oc2c(C)c(C(C)(C)/C=C(\C)C(C)C)c(OC(C)=O)c3ccccc23)c2ccccc12. The van der Waals surface area contributed by atoms with Crippen LogP contribution in [0.2, 0.25) is 0 Å². The number of rotatable bonds is 11. The Morgan fingerprint density at radius 3 is 1.28 bits per heavy atom. The van der Waals surface area contributed by atoms with E-state index in [0.29, 0.717) is 67.5 Å². The molecule has 0 aromatic heterocycles. The van der Waals surface area contributed by atoms with Crippen molar-refractivity contribution in [1.82, 2.24) is 0 Å². The number of carbonyl (C=O) groups is 3. The van der Waals surface area contributed by atoms with Gasteiger partial charge in [0.1, 0.15) is 23.0 Å². The first kappa shape index (κ1) is 40.9. The van der Waals surface area contributed by atoms with Crippen molar-refractivity contribution in [2.24, 2.45) is 11.8 Å². The molecular formula is C46H56O7. The molecule has 0 aliphatic rings. The highest BCUT2D eigenvalue weighted by Crippen LogP contribution is 2.49. The van der Waals surface area contributed by atoms with Crippen LogP contribution in [-0.2, 0) is 20.4 Å². The molecule has 0 saturated heterocycles. The normalized spacial score (nSPS) is 12.8. The molecule has 7 heteroatoms. The molecule has 282 valence electrons. The molecule has 0 saturated carbocycles. The van der Waals surface area contributed by atoms with Crippen molar-refractivity contribution in [3.05, 3.63) is 94.1 Å². The number of benzene rings is 4. The predicted molar refractivity (Wildman–Crippen MR) is 214 cm³/mol. The lowest BCUT2D eigenvalue weighted by Crippen LogP contribution is -2.23. The number of hydrogen-bond donors (Lipinski definition) is 0. The monoisotopic (exact) mass is 720 g/mol. The quantitative estimate of drug-likeness (QED) is 0.0659. The van der Waals surface area contributed by atoms with Crippen molar-refractivity contribution in [3.8, 4) is 23.0 Å². The third-order valence-corrected chi connectivity index (χ3v) is 9.71. The molecule has 4 aromatic carbocycles. The summed E-state index contributed by atoms with van der Waals surface area (Å²) in [6, 6.07) is 14.8. The lowest BCUT2D eigenvalue weighted by molar-refractivity contribution is -0.132. The molecule has 0 unspecified atom stereocenters. The van der Waals surface area contributed by atoms with Gasteiger partial charge in [-0.15, -0.1) is 0 Å². The summed E-state index contributed by atoms with van der Waals surface area (Å²) in [7, 11) is 0. The van der Waals surface area contributed by atoms with Crippen LogP contribution in [0.4, 0.5) is 4.79 Å². The van der Waals surface area contributed by atoms with Crippen LogP contribution in [0, 0.1) is 25.7 Å². The van der Waals surface area contributed by atoms with Crippen LogP contribution >= 0.6 is 0 Å². The Morgan fingerprint density at radius 1 is 0.585 bits per heavy atom. The molecule has 0 spiro atoms. The molecule has 7 nitrogen and oxygen atoms in total. The number of esters is 2. The van der Waals surface area contributed by atoms with Crippen molar-refractivity contribution < 1.29 is 33.3 Å². The number of ether oxygens (including phenoxy) is 4.